The first-order valence-electron chi connectivity index (χ1n) is 5.68. The Labute approximate surface area is 101 Å². The van der Waals surface area contributed by atoms with Crippen molar-refractivity contribution in [2.24, 2.45) is 0 Å². The largest absolute Gasteiger partial charge is 0.368 e. The van der Waals surface area contributed by atoms with Gasteiger partial charge in [-0.15, -0.1) is 0 Å². The summed E-state index contributed by atoms with van der Waals surface area (Å²) in [5.41, 5.74) is 2.05. The number of hydrogen-bond acceptors (Lipinski definition) is 4. The zero-order chi connectivity index (χ0) is 12.4. The Balaban J connectivity index is 2.36. The quantitative estimate of drug-likeness (QED) is 0.879. The summed E-state index contributed by atoms with van der Waals surface area (Å²) >= 11 is 0. The minimum atomic E-state index is 0.346. The molecule has 0 amide bonds. The van der Waals surface area contributed by atoms with Crippen molar-refractivity contribution in [3.05, 3.63) is 29.8 Å². The summed E-state index contributed by atoms with van der Waals surface area (Å²) < 4.78 is 1.82. The lowest BCUT2D eigenvalue weighted by molar-refractivity contribution is 0.798. The van der Waals surface area contributed by atoms with E-state index in [4.69, 9.17) is 0 Å². The molecule has 2 aromatic rings. The minimum Gasteiger partial charge on any atom is -0.368 e. The molecule has 2 rings (SSSR count). The Morgan fingerprint density at radius 3 is 2.53 bits per heavy atom. The molecule has 0 saturated heterocycles. The van der Waals surface area contributed by atoms with E-state index in [1.165, 1.54) is 0 Å². The molecule has 5 heteroatoms. The van der Waals surface area contributed by atoms with Crippen LogP contribution < -0.4 is 5.32 Å². The molecule has 0 fully saturated rings. The van der Waals surface area contributed by atoms with Crippen molar-refractivity contribution in [3.63, 3.8) is 0 Å². The van der Waals surface area contributed by atoms with Gasteiger partial charge in [-0.05, 0) is 33.8 Å². The maximum atomic E-state index is 4.40. The van der Waals surface area contributed by atoms with Gasteiger partial charge in [-0.3, -0.25) is 0 Å². The monoisotopic (exact) mass is 231 g/mol. The summed E-state index contributed by atoms with van der Waals surface area (Å²) in [4.78, 5) is 8.42. The van der Waals surface area contributed by atoms with Crippen LogP contribution in [0.25, 0.3) is 5.82 Å². The van der Waals surface area contributed by atoms with Gasteiger partial charge in [0.05, 0.1) is 5.69 Å². The van der Waals surface area contributed by atoms with Crippen LogP contribution in [0.1, 0.15) is 25.2 Å². The van der Waals surface area contributed by atoms with Gasteiger partial charge in [0.1, 0.15) is 12.1 Å². The van der Waals surface area contributed by atoms with Crippen molar-refractivity contribution < 1.29 is 0 Å². The second-order valence-corrected chi connectivity index (χ2v) is 4.40. The zero-order valence-corrected chi connectivity index (χ0v) is 10.6. The second kappa shape index (κ2) is 4.53. The van der Waals surface area contributed by atoms with Crippen LogP contribution in [0, 0.1) is 13.8 Å². The molecule has 5 nitrogen and oxygen atoms in total. The molecular formula is C12H17N5. The molecule has 0 aliphatic heterocycles. The van der Waals surface area contributed by atoms with Crippen molar-refractivity contribution in [2.75, 3.05) is 5.32 Å². The molecule has 0 radical (unpaired) electrons. The van der Waals surface area contributed by atoms with Gasteiger partial charge in [0.2, 0.25) is 0 Å². The molecule has 0 aliphatic carbocycles. The predicted molar refractivity (Wildman–Crippen MR) is 67.4 cm³/mol. The molecule has 0 unspecified atom stereocenters. The number of nitrogens with one attached hydrogen (secondary N) is 1. The van der Waals surface area contributed by atoms with Gasteiger partial charge in [-0.25, -0.2) is 14.6 Å². The molecule has 1 N–H and O–H groups in total. The second-order valence-electron chi connectivity index (χ2n) is 4.40. The fraction of sp³-hybridized carbons (Fsp3) is 0.417. The van der Waals surface area contributed by atoms with Crippen LogP contribution in [0.5, 0.6) is 0 Å². The van der Waals surface area contributed by atoms with Gasteiger partial charge in [0.25, 0.3) is 0 Å². The molecular weight excluding hydrogens is 214 g/mol. The molecule has 0 spiro atoms. The van der Waals surface area contributed by atoms with Crippen molar-refractivity contribution in [2.45, 2.75) is 33.7 Å². The number of nitrogens with zero attached hydrogens (tertiary/aromatic N) is 4. The maximum Gasteiger partial charge on any atom is 0.159 e. The van der Waals surface area contributed by atoms with E-state index < -0.39 is 0 Å². The summed E-state index contributed by atoms with van der Waals surface area (Å²) in [6, 6.07) is 4.27. The Hall–Kier alpha value is -1.91. The molecule has 0 atom stereocenters. The minimum absolute atomic E-state index is 0.346. The molecule has 0 saturated carbocycles. The van der Waals surface area contributed by atoms with E-state index in [0.717, 1.165) is 23.0 Å². The Morgan fingerprint density at radius 2 is 1.94 bits per heavy atom. The van der Waals surface area contributed by atoms with E-state index in [1.54, 1.807) is 6.33 Å². The fourth-order valence-electron chi connectivity index (χ4n) is 1.70. The molecule has 17 heavy (non-hydrogen) atoms. The first kappa shape index (κ1) is 11.6. The van der Waals surface area contributed by atoms with E-state index in [1.807, 2.05) is 30.7 Å². The van der Waals surface area contributed by atoms with Crippen molar-refractivity contribution in [1.29, 1.82) is 0 Å². The number of anilines is 1. The summed E-state index contributed by atoms with van der Waals surface area (Å²) in [6.07, 6.45) is 1.55. The van der Waals surface area contributed by atoms with Gasteiger partial charge < -0.3 is 5.32 Å². The number of rotatable bonds is 3. The zero-order valence-electron chi connectivity index (χ0n) is 10.6. The highest BCUT2D eigenvalue weighted by atomic mass is 15.3. The van der Waals surface area contributed by atoms with E-state index in [2.05, 4.69) is 34.2 Å². The summed E-state index contributed by atoms with van der Waals surface area (Å²) in [5, 5.41) is 7.65. The first-order chi connectivity index (χ1) is 8.06. The fourth-order valence-corrected chi connectivity index (χ4v) is 1.70. The van der Waals surface area contributed by atoms with E-state index >= 15 is 0 Å². The van der Waals surface area contributed by atoms with Crippen LogP contribution in [-0.4, -0.2) is 25.8 Å². The molecule has 0 aliphatic rings. The highest BCUT2D eigenvalue weighted by molar-refractivity contribution is 5.41. The van der Waals surface area contributed by atoms with Crippen molar-refractivity contribution in [3.8, 4) is 5.82 Å². The van der Waals surface area contributed by atoms with Crippen LogP contribution in [0.15, 0.2) is 18.5 Å². The summed E-state index contributed by atoms with van der Waals surface area (Å²) in [5.74, 6) is 1.60. The van der Waals surface area contributed by atoms with Crippen molar-refractivity contribution in [1.82, 2.24) is 19.7 Å². The number of aromatic nitrogens is 4. The predicted octanol–water partition coefficient (Wildman–Crippen LogP) is 2.10. The Morgan fingerprint density at radius 1 is 1.18 bits per heavy atom. The Bertz CT molecular complexity index is 515. The lowest BCUT2D eigenvalue weighted by Crippen LogP contribution is -2.12. The van der Waals surface area contributed by atoms with Gasteiger partial charge in [-0.2, -0.15) is 5.10 Å². The molecule has 0 aromatic carbocycles. The van der Waals surface area contributed by atoms with Gasteiger partial charge in [0, 0.05) is 17.8 Å². The molecule has 2 aromatic heterocycles. The highest BCUT2D eigenvalue weighted by Gasteiger charge is 2.06. The number of hydrogen-bond donors (Lipinski definition) is 1. The molecule has 2 heterocycles. The third-order valence-corrected chi connectivity index (χ3v) is 2.32. The summed E-state index contributed by atoms with van der Waals surface area (Å²) in [6.45, 7) is 8.13. The third kappa shape index (κ3) is 2.61. The molecule has 0 bridgehead atoms. The van der Waals surface area contributed by atoms with Crippen molar-refractivity contribution >= 4 is 5.82 Å². The van der Waals surface area contributed by atoms with Crippen LogP contribution >= 0.6 is 0 Å². The van der Waals surface area contributed by atoms with Crippen LogP contribution in [0.4, 0.5) is 5.82 Å². The number of aryl methyl sites for hydroxylation is 2. The van der Waals surface area contributed by atoms with Gasteiger partial charge >= 0.3 is 0 Å². The molecule has 90 valence electrons. The third-order valence-electron chi connectivity index (χ3n) is 2.32. The Kier molecular flexibility index (Phi) is 3.08. The van der Waals surface area contributed by atoms with Gasteiger partial charge in [-0.1, -0.05) is 0 Å². The lowest BCUT2D eigenvalue weighted by atomic mass is 10.4. The topological polar surface area (TPSA) is 55.6 Å². The average molecular weight is 231 g/mol. The lowest BCUT2D eigenvalue weighted by Gasteiger charge is -2.10. The van der Waals surface area contributed by atoms with Crippen LogP contribution in [0.2, 0.25) is 0 Å². The smallest absolute Gasteiger partial charge is 0.159 e. The first-order valence-corrected chi connectivity index (χ1v) is 5.68. The normalized spacial score (nSPS) is 10.9. The van der Waals surface area contributed by atoms with E-state index in [9.17, 15) is 0 Å². The average Bonchev–Trinajstić information content (AvgIpc) is 2.57. The standard InChI is InChI=1S/C12H17N5/c1-8(2)15-11-6-12(14-7-13-11)17-10(4)5-9(3)16-17/h5-8H,1-4H3,(H,13,14,15). The SMILES string of the molecule is Cc1cc(C)n(-c2cc(NC(C)C)ncn2)n1. The highest BCUT2D eigenvalue weighted by Crippen LogP contribution is 2.12. The van der Waals surface area contributed by atoms with Crippen LogP contribution in [-0.2, 0) is 0 Å². The summed E-state index contributed by atoms with van der Waals surface area (Å²) in [7, 11) is 0. The maximum absolute atomic E-state index is 4.40. The van der Waals surface area contributed by atoms with E-state index in [-0.39, 0.29) is 0 Å². The van der Waals surface area contributed by atoms with Gasteiger partial charge in [0.15, 0.2) is 5.82 Å². The van der Waals surface area contributed by atoms with Crippen LogP contribution in [0.3, 0.4) is 0 Å². The van der Waals surface area contributed by atoms with E-state index in [0.29, 0.717) is 6.04 Å².